The van der Waals surface area contributed by atoms with Crippen LogP contribution in [0.25, 0.3) is 0 Å². The summed E-state index contributed by atoms with van der Waals surface area (Å²) in [5.41, 5.74) is 2.88. The second kappa shape index (κ2) is 12.8. The Morgan fingerprint density at radius 2 is 1.70 bits per heavy atom. The van der Waals surface area contributed by atoms with Gasteiger partial charge in [0.15, 0.2) is 5.75 Å². The molecule has 0 aliphatic heterocycles. The standard InChI is InChI=1S/C22H21Cl4NO3/c1-3-10-30-27-15(2)17-6-4-16(5-7-17)8-11-29-22-19(23)13-18(14-20(22)24)28-12-9-21(25)26/h3-7,9,13-14H,1,8,10-12H2,2H3. The second-order valence-electron chi connectivity index (χ2n) is 6.08. The topological polar surface area (TPSA) is 40.0 Å². The Hall–Kier alpha value is -1.85. The van der Waals surface area contributed by atoms with Crippen LogP contribution >= 0.6 is 46.4 Å². The lowest BCUT2D eigenvalue weighted by Gasteiger charge is -2.12. The fraction of sp³-hybridized carbons (Fsp3) is 0.227. The van der Waals surface area contributed by atoms with Crippen LogP contribution in [-0.2, 0) is 11.3 Å². The fourth-order valence-electron chi connectivity index (χ4n) is 2.38. The van der Waals surface area contributed by atoms with Crippen LogP contribution in [0.1, 0.15) is 18.1 Å². The normalized spacial score (nSPS) is 11.0. The van der Waals surface area contributed by atoms with Crippen LogP contribution in [0, 0.1) is 0 Å². The zero-order valence-corrected chi connectivity index (χ0v) is 19.4. The molecule has 0 heterocycles. The molecule has 30 heavy (non-hydrogen) atoms. The molecule has 160 valence electrons. The van der Waals surface area contributed by atoms with E-state index in [1.54, 1.807) is 18.2 Å². The third-order valence-electron chi connectivity index (χ3n) is 3.86. The molecule has 0 fully saturated rings. The molecular formula is C22H21Cl4NO3. The van der Waals surface area contributed by atoms with E-state index in [0.29, 0.717) is 41.2 Å². The predicted octanol–water partition coefficient (Wildman–Crippen LogP) is 7.24. The van der Waals surface area contributed by atoms with Crippen molar-refractivity contribution in [2.45, 2.75) is 13.3 Å². The highest BCUT2D eigenvalue weighted by Gasteiger charge is 2.11. The molecule has 0 amide bonds. The van der Waals surface area contributed by atoms with Crippen molar-refractivity contribution in [2.75, 3.05) is 19.8 Å². The zero-order chi connectivity index (χ0) is 21.9. The van der Waals surface area contributed by atoms with Gasteiger partial charge >= 0.3 is 0 Å². The molecule has 4 nitrogen and oxygen atoms in total. The maximum atomic E-state index is 6.28. The summed E-state index contributed by atoms with van der Waals surface area (Å²) in [7, 11) is 0. The Bertz CT molecular complexity index is 884. The van der Waals surface area contributed by atoms with E-state index in [-0.39, 0.29) is 11.1 Å². The van der Waals surface area contributed by atoms with Gasteiger partial charge in [-0.2, -0.15) is 0 Å². The second-order valence-corrected chi connectivity index (χ2v) is 7.90. The largest absolute Gasteiger partial charge is 0.490 e. The van der Waals surface area contributed by atoms with Gasteiger partial charge in [0, 0.05) is 18.6 Å². The number of oxime groups is 1. The minimum absolute atomic E-state index is 0.128. The third kappa shape index (κ3) is 8.11. The molecule has 0 N–H and O–H groups in total. The van der Waals surface area contributed by atoms with Gasteiger partial charge in [0.1, 0.15) is 23.5 Å². The zero-order valence-electron chi connectivity index (χ0n) is 16.3. The molecule has 0 saturated heterocycles. The van der Waals surface area contributed by atoms with Gasteiger partial charge in [0.25, 0.3) is 0 Å². The van der Waals surface area contributed by atoms with Gasteiger partial charge < -0.3 is 14.3 Å². The van der Waals surface area contributed by atoms with Crippen LogP contribution < -0.4 is 9.47 Å². The van der Waals surface area contributed by atoms with Crippen LogP contribution in [0.2, 0.25) is 10.0 Å². The highest BCUT2D eigenvalue weighted by atomic mass is 35.5. The first kappa shape index (κ1) is 24.4. The Kier molecular flexibility index (Phi) is 10.4. The molecule has 0 aliphatic carbocycles. The maximum absolute atomic E-state index is 6.28. The summed E-state index contributed by atoms with van der Waals surface area (Å²) in [5.74, 6) is 0.906. The Morgan fingerprint density at radius 3 is 2.30 bits per heavy atom. The van der Waals surface area contributed by atoms with Gasteiger partial charge in [-0.05, 0) is 24.1 Å². The van der Waals surface area contributed by atoms with Crippen LogP contribution in [0.15, 0.2) is 64.8 Å². The molecule has 0 aromatic heterocycles. The molecular weight excluding hydrogens is 468 g/mol. The summed E-state index contributed by atoms with van der Waals surface area (Å²) in [6.45, 7) is 6.47. The highest BCUT2D eigenvalue weighted by Crippen LogP contribution is 2.37. The summed E-state index contributed by atoms with van der Waals surface area (Å²) in [4.78, 5) is 5.11. The van der Waals surface area contributed by atoms with Crippen molar-refractivity contribution in [3.05, 3.63) is 80.8 Å². The molecule has 2 rings (SSSR count). The molecule has 0 aliphatic rings. The molecule has 0 radical (unpaired) electrons. The van der Waals surface area contributed by atoms with E-state index in [1.165, 1.54) is 6.08 Å². The lowest BCUT2D eigenvalue weighted by Crippen LogP contribution is -2.03. The van der Waals surface area contributed by atoms with Crippen molar-refractivity contribution in [3.63, 3.8) is 0 Å². The van der Waals surface area contributed by atoms with Gasteiger partial charge in [-0.25, -0.2) is 0 Å². The van der Waals surface area contributed by atoms with E-state index >= 15 is 0 Å². The first-order valence-corrected chi connectivity index (χ1v) is 10.5. The van der Waals surface area contributed by atoms with E-state index in [0.717, 1.165) is 16.8 Å². The van der Waals surface area contributed by atoms with Crippen molar-refractivity contribution in [2.24, 2.45) is 5.16 Å². The Balaban J connectivity index is 1.91. The van der Waals surface area contributed by atoms with E-state index in [2.05, 4.69) is 11.7 Å². The average Bonchev–Trinajstić information content (AvgIpc) is 2.70. The number of nitrogens with zero attached hydrogens (tertiary/aromatic N) is 1. The van der Waals surface area contributed by atoms with Crippen LogP contribution in [0.4, 0.5) is 0 Å². The van der Waals surface area contributed by atoms with E-state index < -0.39 is 0 Å². The predicted molar refractivity (Wildman–Crippen MR) is 126 cm³/mol. The van der Waals surface area contributed by atoms with Crippen LogP contribution in [0.5, 0.6) is 11.5 Å². The summed E-state index contributed by atoms with van der Waals surface area (Å²) in [6.07, 6.45) is 3.85. The number of benzene rings is 2. The van der Waals surface area contributed by atoms with E-state index in [9.17, 15) is 0 Å². The maximum Gasteiger partial charge on any atom is 0.156 e. The van der Waals surface area contributed by atoms with Crippen LogP contribution in [0.3, 0.4) is 0 Å². The smallest absolute Gasteiger partial charge is 0.156 e. The van der Waals surface area contributed by atoms with Crippen LogP contribution in [-0.4, -0.2) is 25.5 Å². The SMILES string of the molecule is C=CCON=C(C)c1ccc(CCOc2c(Cl)cc(OCC=C(Cl)Cl)cc2Cl)cc1. The monoisotopic (exact) mass is 487 g/mol. The molecule has 0 saturated carbocycles. The van der Waals surface area contributed by atoms with Gasteiger partial charge in [-0.15, -0.1) is 0 Å². The van der Waals surface area contributed by atoms with Crippen molar-refractivity contribution in [3.8, 4) is 11.5 Å². The molecule has 0 unspecified atom stereocenters. The number of rotatable bonds is 11. The summed E-state index contributed by atoms with van der Waals surface area (Å²) < 4.78 is 11.4. The third-order valence-corrected chi connectivity index (χ3v) is 4.73. The lowest BCUT2D eigenvalue weighted by molar-refractivity contribution is 0.175. The lowest BCUT2D eigenvalue weighted by atomic mass is 10.1. The number of ether oxygens (including phenoxy) is 2. The van der Waals surface area contributed by atoms with Gasteiger partial charge in [-0.1, -0.05) is 88.5 Å². The molecule has 2 aromatic rings. The summed E-state index contributed by atoms with van der Waals surface area (Å²) >= 11 is 23.7. The summed E-state index contributed by atoms with van der Waals surface area (Å²) in [5, 5.41) is 4.76. The van der Waals surface area contributed by atoms with Crippen molar-refractivity contribution in [1.29, 1.82) is 0 Å². The molecule has 2 aromatic carbocycles. The number of hydrogen-bond donors (Lipinski definition) is 0. The Labute approximate surface area is 196 Å². The minimum Gasteiger partial charge on any atom is -0.490 e. The first-order chi connectivity index (χ1) is 14.4. The van der Waals surface area contributed by atoms with Gasteiger partial charge in [0.2, 0.25) is 0 Å². The van der Waals surface area contributed by atoms with Crippen molar-refractivity contribution >= 4 is 52.1 Å². The molecule has 0 bridgehead atoms. The van der Waals surface area contributed by atoms with Gasteiger partial charge in [0.05, 0.1) is 22.4 Å². The number of halogens is 4. The first-order valence-electron chi connectivity index (χ1n) is 9.03. The van der Waals surface area contributed by atoms with Gasteiger partial charge in [-0.3, -0.25) is 0 Å². The minimum atomic E-state index is 0.128. The molecule has 0 atom stereocenters. The van der Waals surface area contributed by atoms with Crippen molar-refractivity contribution in [1.82, 2.24) is 0 Å². The Morgan fingerprint density at radius 1 is 1.03 bits per heavy atom. The van der Waals surface area contributed by atoms with Crippen molar-refractivity contribution < 1.29 is 14.3 Å². The van der Waals surface area contributed by atoms with E-state index in [4.69, 9.17) is 60.7 Å². The molecule has 0 spiro atoms. The molecule has 8 heteroatoms. The van der Waals surface area contributed by atoms with E-state index in [1.807, 2.05) is 31.2 Å². The fourth-order valence-corrected chi connectivity index (χ4v) is 3.08. The summed E-state index contributed by atoms with van der Waals surface area (Å²) in [6, 6.07) is 11.3. The average molecular weight is 489 g/mol. The quantitative estimate of drug-likeness (QED) is 0.145. The highest BCUT2D eigenvalue weighted by molar-refractivity contribution is 6.55. The number of hydrogen-bond acceptors (Lipinski definition) is 4.